The van der Waals surface area contributed by atoms with Crippen molar-refractivity contribution in [3.05, 3.63) is 58.6 Å². The summed E-state index contributed by atoms with van der Waals surface area (Å²) in [5.74, 6) is -0.776. The number of halogens is 1. The van der Waals surface area contributed by atoms with Crippen molar-refractivity contribution in [2.45, 2.75) is 6.42 Å². The number of fused-ring (bicyclic) bond motifs is 1. The number of benzene rings is 2. The van der Waals surface area contributed by atoms with Crippen LogP contribution in [0.1, 0.15) is 15.9 Å². The van der Waals surface area contributed by atoms with Crippen LogP contribution in [-0.2, 0) is 11.2 Å². The Morgan fingerprint density at radius 3 is 2.60 bits per heavy atom. The Bertz CT molecular complexity index is 727. The van der Waals surface area contributed by atoms with Gasteiger partial charge in [0.1, 0.15) is 5.75 Å². The summed E-state index contributed by atoms with van der Waals surface area (Å²) in [6, 6.07) is 11.3. The van der Waals surface area contributed by atoms with E-state index >= 15 is 0 Å². The molecule has 3 rings (SSSR count). The van der Waals surface area contributed by atoms with Crippen molar-refractivity contribution in [3.8, 4) is 5.75 Å². The van der Waals surface area contributed by atoms with Crippen molar-refractivity contribution < 1.29 is 14.7 Å². The monoisotopic (exact) mass is 287 g/mol. The number of nitrogens with zero attached hydrogens (tertiary/aromatic N) is 1. The van der Waals surface area contributed by atoms with Crippen LogP contribution in [0.4, 0.5) is 5.69 Å². The first kappa shape index (κ1) is 12.7. The molecule has 2 aromatic carbocycles. The highest BCUT2D eigenvalue weighted by Crippen LogP contribution is 2.31. The lowest BCUT2D eigenvalue weighted by atomic mass is 9.98. The SMILES string of the molecule is O=C1Cc2ccccc2C(=O)N1c1ccc(O)c(Cl)c1. The number of anilines is 1. The second-order valence-corrected chi connectivity index (χ2v) is 4.91. The molecule has 0 spiro atoms. The quantitative estimate of drug-likeness (QED) is 0.821. The zero-order valence-electron chi connectivity index (χ0n) is 10.3. The third-order valence-electron chi connectivity index (χ3n) is 3.23. The minimum absolute atomic E-state index is 0.0901. The number of imide groups is 1. The topological polar surface area (TPSA) is 57.6 Å². The van der Waals surface area contributed by atoms with E-state index in [1.165, 1.54) is 18.2 Å². The fourth-order valence-electron chi connectivity index (χ4n) is 2.25. The first-order chi connectivity index (χ1) is 9.58. The Morgan fingerprint density at radius 2 is 1.85 bits per heavy atom. The molecule has 0 fully saturated rings. The largest absolute Gasteiger partial charge is 0.506 e. The van der Waals surface area contributed by atoms with Gasteiger partial charge in [-0.05, 0) is 29.8 Å². The van der Waals surface area contributed by atoms with Crippen LogP contribution in [0.5, 0.6) is 5.75 Å². The molecular weight excluding hydrogens is 278 g/mol. The number of hydrogen-bond donors (Lipinski definition) is 1. The number of phenolic OH excluding ortho intramolecular Hbond substituents is 1. The van der Waals surface area contributed by atoms with Crippen LogP contribution in [-0.4, -0.2) is 16.9 Å². The Balaban J connectivity index is 2.08. The summed E-state index contributed by atoms with van der Waals surface area (Å²) in [7, 11) is 0. The second-order valence-electron chi connectivity index (χ2n) is 4.50. The van der Waals surface area contributed by atoms with Crippen LogP contribution in [0, 0.1) is 0 Å². The number of phenols is 1. The normalized spacial score (nSPS) is 14.3. The highest BCUT2D eigenvalue weighted by Gasteiger charge is 2.31. The van der Waals surface area contributed by atoms with Gasteiger partial charge in [-0.15, -0.1) is 0 Å². The van der Waals surface area contributed by atoms with E-state index in [2.05, 4.69) is 0 Å². The maximum Gasteiger partial charge on any atom is 0.265 e. The van der Waals surface area contributed by atoms with Crippen LogP contribution in [0.2, 0.25) is 5.02 Å². The van der Waals surface area contributed by atoms with Crippen molar-refractivity contribution in [2.75, 3.05) is 4.90 Å². The molecule has 100 valence electrons. The van der Waals surface area contributed by atoms with Gasteiger partial charge in [-0.1, -0.05) is 29.8 Å². The summed E-state index contributed by atoms with van der Waals surface area (Å²) in [5.41, 5.74) is 1.59. The predicted molar refractivity (Wildman–Crippen MR) is 75.1 cm³/mol. The van der Waals surface area contributed by atoms with E-state index in [4.69, 9.17) is 11.6 Å². The molecule has 0 unspecified atom stereocenters. The lowest BCUT2D eigenvalue weighted by molar-refractivity contribution is -0.117. The number of amides is 2. The van der Waals surface area contributed by atoms with Crippen LogP contribution in [0.25, 0.3) is 0 Å². The average Bonchev–Trinajstić information content (AvgIpc) is 2.43. The van der Waals surface area contributed by atoms with E-state index in [-0.39, 0.29) is 29.0 Å². The van der Waals surface area contributed by atoms with Crippen LogP contribution < -0.4 is 4.90 Å². The molecule has 1 N–H and O–H groups in total. The number of carbonyl (C=O) groups is 2. The van der Waals surface area contributed by atoms with Crippen molar-refractivity contribution in [2.24, 2.45) is 0 Å². The van der Waals surface area contributed by atoms with Gasteiger partial charge in [0.2, 0.25) is 5.91 Å². The lowest BCUT2D eigenvalue weighted by Crippen LogP contribution is -2.42. The Kier molecular flexibility index (Phi) is 2.95. The standard InChI is InChI=1S/C15H10ClNO3/c16-12-8-10(5-6-13(12)18)17-14(19)7-9-3-1-2-4-11(9)15(17)20/h1-6,8,18H,7H2. The van der Waals surface area contributed by atoms with E-state index in [1.807, 2.05) is 0 Å². The summed E-state index contributed by atoms with van der Waals surface area (Å²) in [4.78, 5) is 25.7. The summed E-state index contributed by atoms with van der Waals surface area (Å²) >= 11 is 5.83. The number of aromatic hydroxyl groups is 1. The maximum absolute atomic E-state index is 12.4. The predicted octanol–water partition coefficient (Wildman–Crippen LogP) is 2.78. The van der Waals surface area contributed by atoms with Gasteiger partial charge in [0, 0.05) is 5.56 Å². The summed E-state index contributed by atoms with van der Waals surface area (Å²) in [5, 5.41) is 9.51. The third-order valence-corrected chi connectivity index (χ3v) is 3.53. The average molecular weight is 288 g/mol. The Morgan fingerprint density at radius 1 is 1.10 bits per heavy atom. The van der Waals surface area contributed by atoms with Crippen LogP contribution in [0.15, 0.2) is 42.5 Å². The summed E-state index contributed by atoms with van der Waals surface area (Å²) in [6.45, 7) is 0. The van der Waals surface area contributed by atoms with Crippen LogP contribution >= 0.6 is 11.6 Å². The molecular formula is C15H10ClNO3. The number of hydrogen-bond acceptors (Lipinski definition) is 3. The lowest BCUT2D eigenvalue weighted by Gasteiger charge is -2.26. The fourth-order valence-corrected chi connectivity index (χ4v) is 2.43. The highest BCUT2D eigenvalue weighted by atomic mass is 35.5. The molecule has 1 heterocycles. The van der Waals surface area contributed by atoms with E-state index in [0.717, 1.165) is 10.5 Å². The number of rotatable bonds is 1. The summed E-state index contributed by atoms with van der Waals surface area (Å²) in [6.07, 6.45) is 0.167. The molecule has 0 radical (unpaired) electrons. The number of carbonyl (C=O) groups excluding carboxylic acids is 2. The molecule has 4 nitrogen and oxygen atoms in total. The van der Waals surface area contributed by atoms with Crippen molar-refractivity contribution in [1.82, 2.24) is 0 Å². The van der Waals surface area contributed by atoms with Gasteiger partial charge in [0.15, 0.2) is 0 Å². The first-order valence-electron chi connectivity index (χ1n) is 6.01. The summed E-state index contributed by atoms with van der Waals surface area (Å²) < 4.78 is 0. The second kappa shape index (κ2) is 4.65. The van der Waals surface area contributed by atoms with Gasteiger partial charge in [-0.2, -0.15) is 0 Å². The van der Waals surface area contributed by atoms with E-state index in [1.54, 1.807) is 24.3 Å². The van der Waals surface area contributed by atoms with Gasteiger partial charge in [0.05, 0.1) is 17.1 Å². The van der Waals surface area contributed by atoms with E-state index in [9.17, 15) is 14.7 Å². The Hall–Kier alpha value is -2.33. The van der Waals surface area contributed by atoms with Gasteiger partial charge in [0.25, 0.3) is 5.91 Å². The molecule has 5 heteroatoms. The molecule has 0 aromatic heterocycles. The van der Waals surface area contributed by atoms with Crippen LogP contribution in [0.3, 0.4) is 0 Å². The van der Waals surface area contributed by atoms with Gasteiger partial charge in [-0.25, -0.2) is 4.90 Å². The van der Waals surface area contributed by atoms with Gasteiger partial charge in [-0.3, -0.25) is 9.59 Å². The molecule has 0 saturated carbocycles. The molecule has 1 aliphatic heterocycles. The van der Waals surface area contributed by atoms with Crippen molar-refractivity contribution >= 4 is 29.1 Å². The molecule has 0 aliphatic carbocycles. The minimum atomic E-state index is -0.376. The van der Waals surface area contributed by atoms with E-state index < -0.39 is 0 Å². The highest BCUT2D eigenvalue weighted by molar-refractivity contribution is 6.33. The molecule has 0 atom stereocenters. The van der Waals surface area contributed by atoms with Crippen molar-refractivity contribution in [1.29, 1.82) is 0 Å². The molecule has 2 aromatic rings. The molecule has 2 amide bonds. The van der Waals surface area contributed by atoms with Gasteiger partial charge < -0.3 is 5.11 Å². The van der Waals surface area contributed by atoms with Gasteiger partial charge >= 0.3 is 0 Å². The molecule has 1 aliphatic rings. The zero-order valence-corrected chi connectivity index (χ0v) is 11.1. The smallest absolute Gasteiger partial charge is 0.265 e. The molecule has 0 saturated heterocycles. The third kappa shape index (κ3) is 1.94. The van der Waals surface area contributed by atoms with Crippen molar-refractivity contribution in [3.63, 3.8) is 0 Å². The van der Waals surface area contributed by atoms with E-state index in [0.29, 0.717) is 11.3 Å². The maximum atomic E-state index is 12.4. The first-order valence-corrected chi connectivity index (χ1v) is 6.39. The molecule has 20 heavy (non-hydrogen) atoms. The zero-order chi connectivity index (χ0) is 14.3. The Labute approximate surface area is 120 Å². The minimum Gasteiger partial charge on any atom is -0.506 e. The molecule has 0 bridgehead atoms. The fraction of sp³-hybridized carbons (Fsp3) is 0.0667.